The lowest BCUT2D eigenvalue weighted by Gasteiger charge is -2.21. The summed E-state index contributed by atoms with van der Waals surface area (Å²) in [6.07, 6.45) is 2.54. The molecule has 0 bridgehead atoms. The molecule has 0 spiro atoms. The molecule has 2 aromatic carbocycles. The molecule has 0 radical (unpaired) electrons. The molecule has 3 nitrogen and oxygen atoms in total. The van der Waals surface area contributed by atoms with Crippen molar-refractivity contribution in [1.82, 2.24) is 4.98 Å². The number of rotatable bonds is 3. The molecule has 0 unspecified atom stereocenters. The van der Waals surface area contributed by atoms with Gasteiger partial charge in [-0.15, -0.1) is 0 Å². The van der Waals surface area contributed by atoms with Crippen LogP contribution in [0.1, 0.15) is 38.2 Å². The quantitative estimate of drug-likeness (QED) is 0.224. The van der Waals surface area contributed by atoms with Crippen LogP contribution in [0, 0.1) is 35.3 Å². The molecule has 0 atom stereocenters. The standard InChI is InChI=1S/C19H10F5NO.C8H14O/c1-26-13-3-5-17(25-10-13)11-2-4-14-12(8-11)9-16(20)15(18(14)21)6-7-19(22,23)24;1-7-2-4-8(6-9)5-3-7/h2-5,8-10H,1H3;6-8H,2-5H2,1H3. The number of carbonyl (C=O) groups excluding carboxylic acids is 1. The van der Waals surface area contributed by atoms with Crippen molar-refractivity contribution in [3.05, 3.63) is 59.8 Å². The minimum absolute atomic E-state index is 0.0323. The van der Waals surface area contributed by atoms with E-state index in [-0.39, 0.29) is 10.8 Å². The lowest BCUT2D eigenvalue weighted by Crippen LogP contribution is -2.12. The van der Waals surface area contributed by atoms with E-state index in [4.69, 9.17) is 4.74 Å². The number of alkyl halides is 3. The summed E-state index contributed by atoms with van der Waals surface area (Å²) in [5.74, 6) is 1.92. The van der Waals surface area contributed by atoms with Gasteiger partial charge in [-0.05, 0) is 48.4 Å². The number of fused-ring (bicyclic) bond motifs is 1. The first-order valence-electron chi connectivity index (χ1n) is 11.1. The molecule has 1 fully saturated rings. The first-order valence-corrected chi connectivity index (χ1v) is 11.1. The topological polar surface area (TPSA) is 39.2 Å². The molecular weight excluding hydrogens is 465 g/mol. The molecule has 8 heteroatoms. The van der Waals surface area contributed by atoms with Gasteiger partial charge < -0.3 is 9.53 Å². The number of carbonyl (C=O) groups is 1. The van der Waals surface area contributed by atoms with Crippen molar-refractivity contribution in [3.63, 3.8) is 0 Å². The summed E-state index contributed by atoms with van der Waals surface area (Å²) >= 11 is 0. The highest BCUT2D eigenvalue weighted by molar-refractivity contribution is 5.88. The van der Waals surface area contributed by atoms with E-state index in [2.05, 4.69) is 11.9 Å². The Hall–Kier alpha value is -3.47. The van der Waals surface area contributed by atoms with Crippen LogP contribution in [0.4, 0.5) is 22.0 Å². The fraction of sp³-hybridized carbons (Fsp3) is 0.333. The van der Waals surface area contributed by atoms with Gasteiger partial charge in [0.1, 0.15) is 23.7 Å². The van der Waals surface area contributed by atoms with Gasteiger partial charge in [-0.3, -0.25) is 4.98 Å². The van der Waals surface area contributed by atoms with Gasteiger partial charge in [-0.1, -0.05) is 37.8 Å². The zero-order chi connectivity index (χ0) is 25.6. The second-order valence-corrected chi connectivity index (χ2v) is 8.47. The Labute approximate surface area is 200 Å². The van der Waals surface area contributed by atoms with Crippen LogP contribution in [0.25, 0.3) is 22.0 Å². The van der Waals surface area contributed by atoms with Crippen molar-refractivity contribution in [3.8, 4) is 28.8 Å². The molecule has 35 heavy (non-hydrogen) atoms. The molecule has 1 aliphatic rings. The Bertz CT molecular complexity index is 1230. The van der Waals surface area contributed by atoms with E-state index in [1.54, 1.807) is 18.2 Å². The zero-order valence-corrected chi connectivity index (χ0v) is 19.3. The van der Waals surface area contributed by atoms with Crippen LogP contribution in [-0.2, 0) is 4.79 Å². The monoisotopic (exact) mass is 489 g/mol. The highest BCUT2D eigenvalue weighted by atomic mass is 19.4. The van der Waals surface area contributed by atoms with Crippen molar-refractivity contribution in [2.24, 2.45) is 11.8 Å². The molecule has 1 aromatic heterocycles. The summed E-state index contributed by atoms with van der Waals surface area (Å²) in [6, 6.07) is 8.70. The number of aldehydes is 1. The summed E-state index contributed by atoms with van der Waals surface area (Å²) < 4.78 is 70.0. The van der Waals surface area contributed by atoms with Gasteiger partial charge in [0.15, 0.2) is 0 Å². The number of nitrogens with zero attached hydrogens (tertiary/aromatic N) is 1. The molecule has 0 amide bonds. The Morgan fingerprint density at radius 2 is 1.77 bits per heavy atom. The maximum atomic E-state index is 14.4. The molecule has 0 saturated heterocycles. The summed E-state index contributed by atoms with van der Waals surface area (Å²) in [4.78, 5) is 14.5. The summed E-state index contributed by atoms with van der Waals surface area (Å²) in [7, 11) is 1.50. The fourth-order valence-electron chi connectivity index (χ4n) is 3.83. The van der Waals surface area contributed by atoms with Gasteiger partial charge >= 0.3 is 6.18 Å². The van der Waals surface area contributed by atoms with Crippen LogP contribution in [0.5, 0.6) is 5.75 Å². The number of hydrogen-bond acceptors (Lipinski definition) is 3. The lowest BCUT2D eigenvalue weighted by atomic mass is 9.84. The van der Waals surface area contributed by atoms with Gasteiger partial charge in [0.05, 0.1) is 24.6 Å². The molecule has 0 N–H and O–H groups in total. The minimum Gasteiger partial charge on any atom is -0.495 e. The summed E-state index contributed by atoms with van der Waals surface area (Å²) in [6.45, 7) is 2.26. The first kappa shape index (κ1) is 26.1. The summed E-state index contributed by atoms with van der Waals surface area (Å²) in [5.41, 5.74) is 0.229. The van der Waals surface area contributed by atoms with Crippen LogP contribution in [0.3, 0.4) is 0 Å². The van der Waals surface area contributed by atoms with Crippen LogP contribution in [0.2, 0.25) is 0 Å². The highest BCUT2D eigenvalue weighted by Gasteiger charge is 2.24. The second kappa shape index (κ2) is 11.3. The SMILES string of the molecule is CC1CCC(C=O)CC1.COc1ccc(-c2ccc3c(F)c(C#CC(F)(F)F)c(F)cc3c2)nc1. The van der Waals surface area contributed by atoms with Gasteiger partial charge in [-0.2, -0.15) is 13.2 Å². The zero-order valence-electron chi connectivity index (χ0n) is 19.3. The smallest absolute Gasteiger partial charge is 0.458 e. The number of ether oxygens (including phenoxy) is 1. The third kappa shape index (κ3) is 7.01. The highest BCUT2D eigenvalue weighted by Crippen LogP contribution is 2.29. The molecule has 184 valence electrons. The van der Waals surface area contributed by atoms with Crippen LogP contribution in [0.15, 0.2) is 42.6 Å². The Morgan fingerprint density at radius 1 is 1.06 bits per heavy atom. The van der Waals surface area contributed by atoms with Gasteiger partial charge in [-0.25, -0.2) is 8.78 Å². The largest absolute Gasteiger partial charge is 0.495 e. The Balaban J connectivity index is 0.000000320. The third-order valence-corrected chi connectivity index (χ3v) is 5.88. The van der Waals surface area contributed by atoms with E-state index in [1.165, 1.54) is 44.2 Å². The molecule has 1 heterocycles. The first-order chi connectivity index (χ1) is 16.6. The van der Waals surface area contributed by atoms with Crippen LogP contribution >= 0.6 is 0 Å². The minimum atomic E-state index is -4.84. The predicted molar refractivity (Wildman–Crippen MR) is 124 cm³/mol. The number of benzene rings is 2. The Morgan fingerprint density at radius 3 is 2.34 bits per heavy atom. The maximum Gasteiger partial charge on any atom is 0.458 e. The Kier molecular flexibility index (Phi) is 8.44. The van der Waals surface area contributed by atoms with Crippen molar-refractivity contribution < 1.29 is 31.5 Å². The van der Waals surface area contributed by atoms with Crippen LogP contribution in [-0.4, -0.2) is 24.6 Å². The van der Waals surface area contributed by atoms with Crippen molar-refractivity contribution in [2.45, 2.75) is 38.8 Å². The molecule has 4 rings (SSSR count). The number of hydrogen-bond donors (Lipinski definition) is 0. The van der Waals surface area contributed by atoms with Gasteiger partial charge in [0, 0.05) is 22.8 Å². The van der Waals surface area contributed by atoms with E-state index in [0.717, 1.165) is 37.0 Å². The molecule has 1 aliphatic carbocycles. The second-order valence-electron chi connectivity index (χ2n) is 8.47. The fourth-order valence-corrected chi connectivity index (χ4v) is 3.83. The van der Waals surface area contributed by atoms with E-state index >= 15 is 0 Å². The van der Waals surface area contributed by atoms with Crippen molar-refractivity contribution in [1.29, 1.82) is 0 Å². The molecular formula is C27H24F5NO2. The van der Waals surface area contributed by atoms with E-state index in [0.29, 0.717) is 22.9 Å². The van der Waals surface area contributed by atoms with Gasteiger partial charge in [0.25, 0.3) is 0 Å². The average Bonchev–Trinajstić information content (AvgIpc) is 2.84. The number of halogens is 5. The van der Waals surface area contributed by atoms with E-state index < -0.39 is 23.4 Å². The molecule has 1 saturated carbocycles. The number of pyridine rings is 1. The molecule has 0 aliphatic heterocycles. The number of methoxy groups -OCH3 is 1. The van der Waals surface area contributed by atoms with E-state index in [1.807, 2.05) is 0 Å². The lowest BCUT2D eigenvalue weighted by molar-refractivity contribution is -0.112. The number of aromatic nitrogens is 1. The van der Waals surface area contributed by atoms with Gasteiger partial charge in [0.2, 0.25) is 0 Å². The average molecular weight is 489 g/mol. The molecule has 3 aromatic rings. The van der Waals surface area contributed by atoms with E-state index in [9.17, 15) is 26.7 Å². The predicted octanol–water partition coefficient (Wildman–Crippen LogP) is 7.11. The van der Waals surface area contributed by atoms with Crippen molar-refractivity contribution >= 4 is 17.1 Å². The summed E-state index contributed by atoms with van der Waals surface area (Å²) in [5, 5.41) is 0.155. The normalized spacial score (nSPS) is 17.6. The maximum absolute atomic E-state index is 14.4. The third-order valence-electron chi connectivity index (χ3n) is 5.88. The van der Waals surface area contributed by atoms with Crippen LogP contribution < -0.4 is 4.74 Å². The van der Waals surface area contributed by atoms with Crippen molar-refractivity contribution in [2.75, 3.05) is 7.11 Å².